The molecule has 0 spiro atoms. The third kappa shape index (κ3) is 3.96. The maximum absolute atomic E-state index is 14.5. The molecule has 0 fully saturated rings. The van der Waals surface area contributed by atoms with Gasteiger partial charge in [0.05, 0.1) is 29.3 Å². The maximum atomic E-state index is 14.5. The molecule has 3 N–H and O–H groups in total. The third-order valence-corrected chi connectivity index (χ3v) is 4.30. The van der Waals surface area contributed by atoms with Gasteiger partial charge in [0.25, 0.3) is 0 Å². The van der Waals surface area contributed by atoms with Crippen LogP contribution in [0.4, 0.5) is 26.4 Å². The van der Waals surface area contributed by atoms with E-state index in [1.165, 1.54) is 6.07 Å². The molecule has 0 saturated carbocycles. The smallest absolute Gasteiger partial charge is 0.225 e. The van der Waals surface area contributed by atoms with Crippen LogP contribution >= 0.6 is 0 Å². The van der Waals surface area contributed by atoms with Crippen LogP contribution in [0, 0.1) is 11.6 Å². The summed E-state index contributed by atoms with van der Waals surface area (Å²) in [6, 6.07) is 6.05. The van der Waals surface area contributed by atoms with Crippen LogP contribution in [0.15, 0.2) is 36.7 Å². The molecule has 0 aliphatic heterocycles. The molecule has 4 rings (SSSR count). The van der Waals surface area contributed by atoms with Gasteiger partial charge in [-0.05, 0) is 25.5 Å². The molecule has 0 radical (unpaired) electrons. The summed E-state index contributed by atoms with van der Waals surface area (Å²) in [5, 5.41) is 13.4. The first-order valence-corrected chi connectivity index (χ1v) is 9.05. The Bertz CT molecular complexity index is 1140. The highest BCUT2D eigenvalue weighted by Crippen LogP contribution is 2.28. The van der Waals surface area contributed by atoms with Gasteiger partial charge in [-0.2, -0.15) is 10.1 Å². The Morgan fingerprint density at radius 1 is 1.14 bits per heavy atom. The molecule has 0 saturated heterocycles. The molecule has 1 atom stereocenters. The van der Waals surface area contributed by atoms with E-state index in [1.54, 1.807) is 19.1 Å². The van der Waals surface area contributed by atoms with E-state index in [9.17, 15) is 8.78 Å². The lowest BCUT2D eigenvalue weighted by Gasteiger charge is -2.15. The van der Waals surface area contributed by atoms with Crippen LogP contribution < -0.4 is 10.6 Å². The van der Waals surface area contributed by atoms with Crippen molar-refractivity contribution >= 4 is 28.5 Å². The predicted molar refractivity (Wildman–Crippen MR) is 105 cm³/mol. The average Bonchev–Trinajstić information content (AvgIpc) is 3.16. The largest absolute Gasteiger partial charge is 0.344 e. The fraction of sp³-hybridized carbons (Fsp3) is 0.211. The molecule has 29 heavy (non-hydrogen) atoms. The van der Waals surface area contributed by atoms with Crippen LogP contribution in [-0.2, 0) is 6.42 Å². The van der Waals surface area contributed by atoms with Gasteiger partial charge in [-0.1, -0.05) is 13.0 Å². The second-order valence-corrected chi connectivity index (χ2v) is 6.41. The molecular formula is C19H18F2N8. The number of aromatic amines is 1. The Morgan fingerprint density at radius 3 is 2.66 bits per heavy atom. The summed E-state index contributed by atoms with van der Waals surface area (Å²) in [5.41, 5.74) is 1.36. The Labute approximate surface area is 164 Å². The van der Waals surface area contributed by atoms with E-state index in [1.807, 2.05) is 13.0 Å². The molecule has 1 aromatic carbocycles. The van der Waals surface area contributed by atoms with Gasteiger partial charge in [-0.25, -0.2) is 23.7 Å². The predicted octanol–water partition coefficient (Wildman–Crippen LogP) is 3.90. The lowest BCUT2D eigenvalue weighted by molar-refractivity contribution is 0.604. The number of hydrogen-bond acceptors (Lipinski definition) is 7. The fourth-order valence-corrected chi connectivity index (χ4v) is 2.83. The van der Waals surface area contributed by atoms with Crippen molar-refractivity contribution in [1.29, 1.82) is 0 Å². The van der Waals surface area contributed by atoms with Crippen molar-refractivity contribution in [1.82, 2.24) is 30.1 Å². The van der Waals surface area contributed by atoms with Crippen molar-refractivity contribution in [2.24, 2.45) is 0 Å². The lowest BCUT2D eigenvalue weighted by atomic mass is 10.2. The topological polar surface area (TPSA) is 104 Å². The van der Waals surface area contributed by atoms with Crippen molar-refractivity contribution in [3.8, 4) is 0 Å². The quantitative estimate of drug-likeness (QED) is 0.454. The van der Waals surface area contributed by atoms with E-state index in [-0.39, 0.29) is 17.2 Å². The Kier molecular flexibility index (Phi) is 4.98. The molecule has 0 unspecified atom stereocenters. The molecule has 10 heteroatoms. The Morgan fingerprint density at radius 2 is 1.93 bits per heavy atom. The van der Waals surface area contributed by atoms with Gasteiger partial charge in [-0.15, -0.1) is 0 Å². The lowest BCUT2D eigenvalue weighted by Crippen LogP contribution is -2.13. The number of nitrogens with zero attached hydrogens (tertiary/aromatic N) is 5. The van der Waals surface area contributed by atoms with Crippen molar-refractivity contribution in [3.63, 3.8) is 0 Å². The number of rotatable bonds is 6. The van der Waals surface area contributed by atoms with E-state index in [2.05, 4.69) is 40.8 Å². The highest BCUT2D eigenvalue weighted by Gasteiger charge is 2.16. The van der Waals surface area contributed by atoms with Crippen molar-refractivity contribution < 1.29 is 8.78 Å². The highest BCUT2D eigenvalue weighted by molar-refractivity contribution is 5.92. The van der Waals surface area contributed by atoms with E-state index >= 15 is 0 Å². The Balaban J connectivity index is 1.70. The molecule has 0 aliphatic carbocycles. The van der Waals surface area contributed by atoms with Crippen molar-refractivity contribution in [3.05, 3.63) is 59.8 Å². The minimum absolute atomic E-state index is 0.247. The van der Waals surface area contributed by atoms with Gasteiger partial charge in [0, 0.05) is 11.8 Å². The number of halogens is 2. The molecular weight excluding hydrogens is 378 g/mol. The summed E-state index contributed by atoms with van der Waals surface area (Å²) >= 11 is 0. The first kappa shape index (κ1) is 18.7. The number of H-pyrrole nitrogens is 1. The summed E-state index contributed by atoms with van der Waals surface area (Å²) < 4.78 is 27.5. The van der Waals surface area contributed by atoms with Crippen LogP contribution in [0.25, 0.3) is 10.9 Å². The molecule has 3 heterocycles. The Hall–Kier alpha value is -3.69. The minimum Gasteiger partial charge on any atom is -0.344 e. The first-order valence-electron chi connectivity index (χ1n) is 9.05. The second-order valence-electron chi connectivity index (χ2n) is 6.41. The zero-order valence-corrected chi connectivity index (χ0v) is 15.7. The summed E-state index contributed by atoms with van der Waals surface area (Å²) in [7, 11) is 0. The third-order valence-electron chi connectivity index (χ3n) is 4.30. The number of nitrogens with one attached hydrogen (secondary N) is 3. The fourth-order valence-electron chi connectivity index (χ4n) is 2.83. The maximum Gasteiger partial charge on any atom is 0.225 e. The van der Waals surface area contributed by atoms with E-state index in [0.29, 0.717) is 17.2 Å². The van der Waals surface area contributed by atoms with Gasteiger partial charge in [0.2, 0.25) is 5.95 Å². The zero-order chi connectivity index (χ0) is 20.4. The summed E-state index contributed by atoms with van der Waals surface area (Å²) in [6.07, 6.45) is 2.97. The minimum atomic E-state index is -0.518. The number of aryl methyl sites for hydroxylation is 1. The number of aromatic nitrogens is 6. The number of anilines is 3. The molecule has 4 aromatic rings. The summed E-state index contributed by atoms with van der Waals surface area (Å²) in [6.45, 7) is 3.79. The zero-order valence-electron chi connectivity index (χ0n) is 15.7. The number of fused-ring (bicyclic) bond motifs is 1. The SMILES string of the molecule is CCc1cc(Nc2nc(N[C@@H](C)c3ncc(F)cn3)nc3cccc(F)c23)n[nH]1. The standard InChI is InChI=1S/C19H18F2N8/c1-3-12-7-15(29-28-12)26-18-16-13(21)5-4-6-14(16)25-19(27-18)24-10(2)17-22-8-11(20)9-23-17/h4-10H,3H2,1-2H3,(H3,24,25,26,27,28,29)/t10-/m0/s1. The van der Waals surface area contributed by atoms with Crippen LogP contribution in [0.2, 0.25) is 0 Å². The van der Waals surface area contributed by atoms with Crippen LogP contribution in [-0.4, -0.2) is 30.1 Å². The normalized spacial score (nSPS) is 12.1. The molecule has 3 aromatic heterocycles. The van der Waals surface area contributed by atoms with Crippen molar-refractivity contribution in [2.75, 3.05) is 10.6 Å². The summed E-state index contributed by atoms with van der Waals surface area (Å²) in [5.74, 6) is 0.456. The van der Waals surface area contributed by atoms with E-state index in [4.69, 9.17) is 0 Å². The van der Waals surface area contributed by atoms with Crippen molar-refractivity contribution in [2.45, 2.75) is 26.3 Å². The molecule has 148 valence electrons. The summed E-state index contributed by atoms with van der Waals surface area (Å²) in [4.78, 5) is 16.7. The van der Waals surface area contributed by atoms with E-state index < -0.39 is 17.7 Å². The van der Waals surface area contributed by atoms with Gasteiger partial charge >= 0.3 is 0 Å². The molecule has 0 aliphatic rings. The van der Waals surface area contributed by atoms with Gasteiger partial charge in [0.1, 0.15) is 17.5 Å². The molecule has 0 amide bonds. The number of hydrogen-bond donors (Lipinski definition) is 3. The second kappa shape index (κ2) is 7.74. The van der Waals surface area contributed by atoms with Gasteiger partial charge < -0.3 is 10.6 Å². The van der Waals surface area contributed by atoms with Gasteiger partial charge in [0.15, 0.2) is 11.6 Å². The van der Waals surface area contributed by atoms with Crippen LogP contribution in [0.5, 0.6) is 0 Å². The van der Waals surface area contributed by atoms with Crippen LogP contribution in [0.1, 0.15) is 31.4 Å². The number of benzene rings is 1. The molecule has 0 bridgehead atoms. The highest BCUT2D eigenvalue weighted by atomic mass is 19.1. The first-order chi connectivity index (χ1) is 14.0. The van der Waals surface area contributed by atoms with Gasteiger partial charge in [-0.3, -0.25) is 5.10 Å². The van der Waals surface area contributed by atoms with E-state index in [0.717, 1.165) is 24.5 Å². The molecule has 8 nitrogen and oxygen atoms in total. The average molecular weight is 396 g/mol. The monoisotopic (exact) mass is 396 g/mol. The van der Waals surface area contributed by atoms with Crippen LogP contribution in [0.3, 0.4) is 0 Å².